The van der Waals surface area contributed by atoms with Crippen LogP contribution in [0.2, 0.25) is 0 Å². The smallest absolute Gasteiger partial charge is 0.203 e. The number of aromatic nitrogens is 2. The van der Waals surface area contributed by atoms with Crippen molar-refractivity contribution in [2.24, 2.45) is 0 Å². The van der Waals surface area contributed by atoms with E-state index in [2.05, 4.69) is 4.98 Å². The summed E-state index contributed by atoms with van der Waals surface area (Å²) in [6.45, 7) is 1.91. The molecule has 2 aromatic heterocycles. The number of rotatable bonds is 3. The van der Waals surface area contributed by atoms with E-state index in [1.807, 2.05) is 25.2 Å². The Labute approximate surface area is 136 Å². The Morgan fingerprint density at radius 3 is 2.39 bits per heavy atom. The minimum atomic E-state index is -3.32. The summed E-state index contributed by atoms with van der Waals surface area (Å²) in [7, 11) is -3.32. The summed E-state index contributed by atoms with van der Waals surface area (Å²) in [6.07, 6.45) is 13.0. The van der Waals surface area contributed by atoms with Gasteiger partial charge in [-0.2, -0.15) is 4.73 Å². The molecule has 2 heterocycles. The molecule has 0 radical (unpaired) electrons. The Balaban J connectivity index is 0.000000229. The number of nitrogens with one attached hydrogen (secondary N) is 1. The number of hydrogen-bond donors (Lipinski definition) is 1. The minimum absolute atomic E-state index is 0.300. The van der Waals surface area contributed by atoms with Gasteiger partial charge in [0, 0.05) is 18.3 Å². The van der Waals surface area contributed by atoms with Crippen LogP contribution >= 0.6 is 0 Å². The van der Waals surface area contributed by atoms with Crippen molar-refractivity contribution in [3.63, 3.8) is 0 Å². The Hall–Kier alpha value is -2.34. The number of hydrogen-bond acceptors (Lipinski definition) is 3. The van der Waals surface area contributed by atoms with Crippen LogP contribution in [0.25, 0.3) is 0 Å². The van der Waals surface area contributed by atoms with Gasteiger partial charge < -0.3 is 10.2 Å². The van der Waals surface area contributed by atoms with E-state index in [0.717, 1.165) is 4.73 Å². The molecule has 122 valence electrons. The fourth-order valence-corrected chi connectivity index (χ4v) is 4.25. The molecule has 23 heavy (non-hydrogen) atoms. The maximum atomic E-state index is 12.5. The second-order valence-electron chi connectivity index (χ2n) is 5.18. The van der Waals surface area contributed by atoms with Crippen molar-refractivity contribution in [2.75, 3.05) is 0 Å². The number of pyridine rings is 1. The first-order chi connectivity index (χ1) is 11.0. The van der Waals surface area contributed by atoms with Crippen LogP contribution in [0.3, 0.4) is 0 Å². The first-order valence-corrected chi connectivity index (χ1v) is 8.86. The molecule has 0 amide bonds. The number of H-pyrrole nitrogens is 1. The summed E-state index contributed by atoms with van der Waals surface area (Å²) < 4.78 is 24.9. The van der Waals surface area contributed by atoms with E-state index >= 15 is 0 Å². The molecule has 0 bridgehead atoms. The molecule has 0 saturated heterocycles. The Morgan fingerprint density at radius 1 is 1.22 bits per heavy atom. The molecule has 1 N–H and O–H groups in total. The summed E-state index contributed by atoms with van der Waals surface area (Å²) in [5, 5.41) is 10.5. The third kappa shape index (κ3) is 3.71. The monoisotopic (exact) mass is 332 g/mol. The molecule has 0 fully saturated rings. The maximum Gasteiger partial charge on any atom is 0.203 e. The Kier molecular flexibility index (Phi) is 5.39. The first kappa shape index (κ1) is 17.0. The average molecular weight is 332 g/mol. The minimum Gasteiger partial charge on any atom is -0.619 e. The average Bonchev–Trinajstić information content (AvgIpc) is 3.12. The zero-order valence-electron chi connectivity index (χ0n) is 12.9. The van der Waals surface area contributed by atoms with Crippen LogP contribution in [0.15, 0.2) is 78.3 Å². The van der Waals surface area contributed by atoms with Crippen molar-refractivity contribution < 1.29 is 13.1 Å². The quantitative estimate of drug-likeness (QED) is 0.693. The summed E-state index contributed by atoms with van der Waals surface area (Å²) in [5.41, 5.74) is 0. The zero-order valence-corrected chi connectivity index (χ0v) is 13.7. The fourth-order valence-electron chi connectivity index (χ4n) is 2.38. The van der Waals surface area contributed by atoms with Crippen LogP contribution in [0.4, 0.5) is 0 Å². The lowest BCUT2D eigenvalue weighted by Gasteiger charge is -2.29. The van der Waals surface area contributed by atoms with E-state index in [1.165, 1.54) is 12.4 Å². The highest BCUT2D eigenvalue weighted by Crippen LogP contribution is 2.34. The molecule has 0 saturated carbocycles. The van der Waals surface area contributed by atoms with Gasteiger partial charge in [0.25, 0.3) is 0 Å². The lowest BCUT2D eigenvalue weighted by Crippen LogP contribution is -2.36. The summed E-state index contributed by atoms with van der Waals surface area (Å²) in [5.74, 6) is 0. The largest absolute Gasteiger partial charge is 0.619 e. The van der Waals surface area contributed by atoms with E-state index in [4.69, 9.17) is 0 Å². The first-order valence-electron chi connectivity index (χ1n) is 7.38. The van der Waals surface area contributed by atoms with Gasteiger partial charge in [0.05, 0.1) is 4.75 Å². The molecule has 1 aliphatic rings. The van der Waals surface area contributed by atoms with E-state index < -0.39 is 14.6 Å². The third-order valence-electron chi connectivity index (χ3n) is 3.79. The van der Waals surface area contributed by atoms with Crippen molar-refractivity contribution in [1.29, 1.82) is 0 Å². The standard InChI is InChI=1S/C12H15NO2S.C5H5NO/c1-2-12(8-4-3-5-9-12)16(14,15)11-7-6-10-13-11;7-6-4-2-1-3-5-6/h3-8,10,13H,2,9H2,1H3;1-5H. The van der Waals surface area contributed by atoms with Crippen molar-refractivity contribution in [1.82, 2.24) is 4.98 Å². The van der Waals surface area contributed by atoms with Crippen molar-refractivity contribution in [3.8, 4) is 0 Å². The van der Waals surface area contributed by atoms with Crippen molar-refractivity contribution >= 4 is 9.84 Å². The third-order valence-corrected chi connectivity index (χ3v) is 6.29. The van der Waals surface area contributed by atoms with Gasteiger partial charge in [0.1, 0.15) is 5.03 Å². The molecular formula is C17H20N2O3S. The second kappa shape index (κ2) is 7.28. The number of sulfone groups is 1. The van der Waals surface area contributed by atoms with Crippen LogP contribution in [-0.4, -0.2) is 18.1 Å². The van der Waals surface area contributed by atoms with E-state index in [-0.39, 0.29) is 0 Å². The summed E-state index contributed by atoms with van der Waals surface area (Å²) in [4.78, 5) is 2.79. The van der Waals surface area contributed by atoms with Crippen LogP contribution in [0.5, 0.6) is 0 Å². The van der Waals surface area contributed by atoms with E-state index in [0.29, 0.717) is 17.9 Å². The van der Waals surface area contributed by atoms with Crippen LogP contribution in [-0.2, 0) is 9.84 Å². The molecule has 3 rings (SSSR count). The maximum absolute atomic E-state index is 12.5. The molecule has 5 nitrogen and oxygen atoms in total. The van der Waals surface area contributed by atoms with Crippen LogP contribution in [0.1, 0.15) is 19.8 Å². The Morgan fingerprint density at radius 2 is 1.96 bits per heavy atom. The number of aromatic amines is 1. The highest BCUT2D eigenvalue weighted by Gasteiger charge is 2.41. The zero-order chi connectivity index (χ0) is 16.8. The highest BCUT2D eigenvalue weighted by atomic mass is 32.2. The van der Waals surface area contributed by atoms with Gasteiger partial charge in [-0.05, 0) is 25.0 Å². The van der Waals surface area contributed by atoms with Crippen LogP contribution < -0.4 is 4.73 Å². The topological polar surface area (TPSA) is 76.9 Å². The molecule has 2 aromatic rings. The highest BCUT2D eigenvalue weighted by molar-refractivity contribution is 7.93. The Bertz CT molecular complexity index is 765. The van der Waals surface area contributed by atoms with Gasteiger partial charge in [0.2, 0.25) is 9.84 Å². The van der Waals surface area contributed by atoms with Crippen molar-refractivity contribution in [2.45, 2.75) is 29.5 Å². The SMILES string of the molecule is CCC1(S(=O)(=O)c2ccc[nH]2)C=CC=CC1.[O-][n+]1ccccc1. The van der Waals surface area contributed by atoms with Crippen LogP contribution in [0, 0.1) is 5.21 Å². The van der Waals surface area contributed by atoms with Gasteiger partial charge in [-0.1, -0.05) is 37.3 Å². The van der Waals surface area contributed by atoms with Gasteiger partial charge in [-0.25, -0.2) is 8.42 Å². The number of allylic oxidation sites excluding steroid dienone is 3. The number of nitrogens with zero attached hydrogens (tertiary/aromatic N) is 1. The second-order valence-corrected chi connectivity index (χ2v) is 7.44. The lowest BCUT2D eigenvalue weighted by molar-refractivity contribution is -0.605. The molecule has 1 unspecified atom stereocenters. The van der Waals surface area contributed by atoms with Gasteiger partial charge in [-0.3, -0.25) is 0 Å². The summed E-state index contributed by atoms with van der Waals surface area (Å²) >= 11 is 0. The predicted octanol–water partition coefficient (Wildman–Crippen LogP) is 2.77. The lowest BCUT2D eigenvalue weighted by atomic mass is 9.97. The van der Waals surface area contributed by atoms with Gasteiger partial charge in [-0.15, -0.1) is 0 Å². The van der Waals surface area contributed by atoms with E-state index in [1.54, 1.807) is 42.6 Å². The van der Waals surface area contributed by atoms with Gasteiger partial charge >= 0.3 is 0 Å². The normalized spacial score (nSPS) is 19.9. The molecule has 6 heteroatoms. The van der Waals surface area contributed by atoms with E-state index in [9.17, 15) is 13.6 Å². The molecule has 0 spiro atoms. The molecule has 0 aromatic carbocycles. The van der Waals surface area contributed by atoms with Gasteiger partial charge in [0.15, 0.2) is 12.4 Å². The molecule has 1 aliphatic carbocycles. The predicted molar refractivity (Wildman–Crippen MR) is 89.3 cm³/mol. The van der Waals surface area contributed by atoms with Crippen molar-refractivity contribution in [3.05, 3.63) is 78.4 Å². The summed E-state index contributed by atoms with van der Waals surface area (Å²) in [6, 6.07) is 8.49. The molecule has 1 atom stereocenters. The fraction of sp³-hybridized carbons (Fsp3) is 0.235. The molecular weight excluding hydrogens is 312 g/mol. The molecule has 0 aliphatic heterocycles.